The van der Waals surface area contributed by atoms with Crippen LogP contribution in [-0.2, 0) is 16.6 Å². The van der Waals surface area contributed by atoms with Gasteiger partial charge >= 0.3 is 6.36 Å². The highest BCUT2D eigenvalue weighted by Crippen LogP contribution is 2.34. The van der Waals surface area contributed by atoms with E-state index in [4.69, 9.17) is 0 Å². The molecule has 180 valence electrons. The molecule has 2 aliphatic rings. The van der Waals surface area contributed by atoms with E-state index in [2.05, 4.69) is 20.4 Å². The van der Waals surface area contributed by atoms with E-state index in [0.29, 0.717) is 25.8 Å². The molecule has 1 amide bonds. The largest absolute Gasteiger partial charge is 0.573 e. The molecule has 2 fully saturated rings. The number of hydrogen-bond acceptors (Lipinski definition) is 6. The van der Waals surface area contributed by atoms with E-state index < -0.39 is 33.1 Å². The molecular formula is C20H24F3N5O4S. The molecule has 2 heterocycles. The molecule has 1 aromatic heterocycles. The number of nitrogens with one attached hydrogen (secondary N) is 1. The molecule has 33 heavy (non-hydrogen) atoms. The molecule has 9 nitrogen and oxygen atoms in total. The van der Waals surface area contributed by atoms with Gasteiger partial charge in [-0.25, -0.2) is 8.42 Å². The van der Waals surface area contributed by atoms with E-state index >= 15 is 0 Å². The Morgan fingerprint density at radius 3 is 2.67 bits per heavy atom. The zero-order chi connectivity index (χ0) is 23.6. The summed E-state index contributed by atoms with van der Waals surface area (Å²) in [6, 6.07) is 4.50. The van der Waals surface area contributed by atoms with Gasteiger partial charge in [0.15, 0.2) is 5.69 Å². The van der Waals surface area contributed by atoms with Gasteiger partial charge in [0.05, 0.1) is 6.20 Å². The standard InChI is InChI=1S/C20H24F3N5O4S/c21-20(22,23)32-17-6-1-2-7-18(17)33(30,31)28-11-4-3-5-15(28)10-12-27-13-16(25-26-27)19(29)24-14-8-9-14/h1-2,6-7,13-15H,3-5,8-12H2,(H,24,29). The molecule has 1 atom stereocenters. The van der Waals surface area contributed by atoms with E-state index in [-0.39, 0.29) is 24.2 Å². The van der Waals surface area contributed by atoms with Crippen LogP contribution in [0.25, 0.3) is 0 Å². The second-order valence-electron chi connectivity index (χ2n) is 8.16. The van der Waals surface area contributed by atoms with Crippen molar-refractivity contribution in [2.75, 3.05) is 6.54 Å². The molecule has 1 aliphatic carbocycles. The number of sulfonamides is 1. The molecule has 0 spiro atoms. The van der Waals surface area contributed by atoms with Crippen molar-refractivity contribution in [1.82, 2.24) is 24.6 Å². The van der Waals surface area contributed by atoms with Gasteiger partial charge in [-0.1, -0.05) is 23.8 Å². The summed E-state index contributed by atoms with van der Waals surface area (Å²) < 4.78 is 71.7. The quantitative estimate of drug-likeness (QED) is 0.614. The molecule has 13 heteroatoms. The van der Waals surface area contributed by atoms with Gasteiger partial charge in [-0.15, -0.1) is 18.3 Å². The Hall–Kier alpha value is -2.67. The fourth-order valence-electron chi connectivity index (χ4n) is 3.86. The van der Waals surface area contributed by atoms with Crippen LogP contribution in [0.3, 0.4) is 0 Å². The van der Waals surface area contributed by atoms with Gasteiger partial charge < -0.3 is 10.1 Å². The van der Waals surface area contributed by atoms with Crippen LogP contribution >= 0.6 is 0 Å². The molecule has 0 radical (unpaired) electrons. The number of hydrogen-bond donors (Lipinski definition) is 1. The first-order valence-corrected chi connectivity index (χ1v) is 12.1. The average Bonchev–Trinajstić information content (AvgIpc) is 3.44. The molecule has 1 unspecified atom stereocenters. The normalized spacial score (nSPS) is 19.9. The number of amides is 1. The summed E-state index contributed by atoms with van der Waals surface area (Å²) in [5.41, 5.74) is 0.188. The van der Waals surface area contributed by atoms with Crippen molar-refractivity contribution in [3.63, 3.8) is 0 Å². The Labute approximate surface area is 188 Å². The van der Waals surface area contributed by atoms with Crippen LogP contribution in [-0.4, -0.2) is 58.6 Å². The smallest absolute Gasteiger partial charge is 0.404 e. The number of alkyl halides is 3. The van der Waals surface area contributed by atoms with Crippen LogP contribution in [0.2, 0.25) is 0 Å². The Morgan fingerprint density at radius 1 is 1.18 bits per heavy atom. The Bertz CT molecular complexity index is 1100. The van der Waals surface area contributed by atoms with Gasteiger partial charge in [0.25, 0.3) is 5.91 Å². The fourth-order valence-corrected chi connectivity index (χ4v) is 5.70. The highest BCUT2D eigenvalue weighted by atomic mass is 32.2. The van der Waals surface area contributed by atoms with Crippen molar-refractivity contribution in [3.05, 3.63) is 36.2 Å². The summed E-state index contributed by atoms with van der Waals surface area (Å²) in [6.07, 6.45) is 0.720. The molecule has 1 saturated heterocycles. The first-order valence-electron chi connectivity index (χ1n) is 10.7. The topological polar surface area (TPSA) is 106 Å². The number of ether oxygens (including phenoxy) is 1. The summed E-state index contributed by atoms with van der Waals surface area (Å²) in [5, 5.41) is 10.6. The minimum atomic E-state index is -5.01. The maximum absolute atomic E-state index is 13.3. The first-order chi connectivity index (χ1) is 15.6. The molecule has 0 bridgehead atoms. The number of nitrogens with zero attached hydrogens (tertiary/aromatic N) is 4. The molecule has 4 rings (SSSR count). The summed E-state index contributed by atoms with van der Waals surface area (Å²) in [4.78, 5) is 11.6. The summed E-state index contributed by atoms with van der Waals surface area (Å²) >= 11 is 0. The fraction of sp³-hybridized carbons (Fsp3) is 0.550. The van der Waals surface area contributed by atoms with Gasteiger partial charge in [-0.2, -0.15) is 4.31 Å². The summed E-state index contributed by atoms with van der Waals surface area (Å²) in [7, 11) is -4.23. The van der Waals surface area contributed by atoms with Crippen molar-refractivity contribution in [2.45, 2.75) is 68.4 Å². The lowest BCUT2D eigenvalue weighted by molar-refractivity contribution is -0.275. The minimum absolute atomic E-state index is 0.188. The van der Waals surface area contributed by atoms with Crippen molar-refractivity contribution in [3.8, 4) is 5.75 Å². The Morgan fingerprint density at radius 2 is 1.94 bits per heavy atom. The van der Waals surface area contributed by atoms with Gasteiger partial charge in [0, 0.05) is 25.2 Å². The number of carbonyl (C=O) groups excluding carboxylic acids is 1. The van der Waals surface area contributed by atoms with Crippen LogP contribution in [0.4, 0.5) is 13.2 Å². The molecule has 1 saturated carbocycles. The predicted molar refractivity (Wildman–Crippen MR) is 110 cm³/mol. The number of carbonyl (C=O) groups is 1. The van der Waals surface area contributed by atoms with Crippen LogP contribution in [0.15, 0.2) is 35.4 Å². The van der Waals surface area contributed by atoms with E-state index in [0.717, 1.165) is 31.4 Å². The number of halogens is 3. The third-order valence-electron chi connectivity index (χ3n) is 5.61. The van der Waals surface area contributed by atoms with Crippen molar-refractivity contribution < 1.29 is 31.1 Å². The summed E-state index contributed by atoms with van der Waals surface area (Å²) in [6.45, 7) is 0.501. The lowest BCUT2D eigenvalue weighted by Crippen LogP contribution is -2.44. The second kappa shape index (κ2) is 9.29. The second-order valence-corrected chi connectivity index (χ2v) is 10.0. The van der Waals surface area contributed by atoms with Gasteiger partial charge in [-0.05, 0) is 44.2 Å². The molecular weight excluding hydrogens is 463 g/mol. The highest BCUT2D eigenvalue weighted by molar-refractivity contribution is 7.89. The third-order valence-corrected chi connectivity index (χ3v) is 7.60. The molecule has 1 aromatic carbocycles. The Kier molecular flexibility index (Phi) is 6.61. The number of aromatic nitrogens is 3. The SMILES string of the molecule is O=C(NC1CC1)c1cn(CCC2CCCCN2S(=O)(=O)c2ccccc2OC(F)(F)F)nn1. The summed E-state index contributed by atoms with van der Waals surface area (Å²) in [5.74, 6) is -1.05. The maximum Gasteiger partial charge on any atom is 0.573 e. The van der Waals surface area contributed by atoms with Crippen molar-refractivity contribution >= 4 is 15.9 Å². The third kappa shape index (κ3) is 5.82. The van der Waals surface area contributed by atoms with E-state index in [1.165, 1.54) is 27.3 Å². The number of aryl methyl sites for hydroxylation is 1. The zero-order valence-corrected chi connectivity index (χ0v) is 18.5. The monoisotopic (exact) mass is 487 g/mol. The number of para-hydroxylation sites is 1. The van der Waals surface area contributed by atoms with Gasteiger partial charge in [0.2, 0.25) is 10.0 Å². The Balaban J connectivity index is 1.47. The lowest BCUT2D eigenvalue weighted by atomic mass is 10.0. The predicted octanol–water partition coefficient (Wildman–Crippen LogP) is 2.70. The number of benzene rings is 1. The van der Waals surface area contributed by atoms with Crippen LogP contribution in [0.1, 0.15) is 49.0 Å². The van der Waals surface area contributed by atoms with Crippen molar-refractivity contribution in [1.29, 1.82) is 0 Å². The zero-order valence-electron chi connectivity index (χ0n) is 17.7. The van der Waals surface area contributed by atoms with Gasteiger partial charge in [0.1, 0.15) is 10.6 Å². The van der Waals surface area contributed by atoms with E-state index in [1.807, 2.05) is 0 Å². The number of rotatable bonds is 8. The maximum atomic E-state index is 13.3. The van der Waals surface area contributed by atoms with E-state index in [9.17, 15) is 26.4 Å². The van der Waals surface area contributed by atoms with Crippen LogP contribution < -0.4 is 10.1 Å². The van der Waals surface area contributed by atoms with Crippen LogP contribution in [0, 0.1) is 0 Å². The molecule has 1 N–H and O–H groups in total. The van der Waals surface area contributed by atoms with Gasteiger partial charge in [-0.3, -0.25) is 9.48 Å². The van der Waals surface area contributed by atoms with Crippen molar-refractivity contribution in [2.24, 2.45) is 0 Å². The number of piperidine rings is 1. The first kappa shape index (κ1) is 23.5. The minimum Gasteiger partial charge on any atom is -0.404 e. The molecule has 2 aromatic rings. The van der Waals surface area contributed by atoms with Crippen LogP contribution in [0.5, 0.6) is 5.75 Å². The highest BCUT2D eigenvalue weighted by Gasteiger charge is 2.38. The molecule has 1 aliphatic heterocycles. The average molecular weight is 488 g/mol. The lowest BCUT2D eigenvalue weighted by Gasteiger charge is -2.35. The van der Waals surface area contributed by atoms with E-state index in [1.54, 1.807) is 0 Å².